The molecule has 0 aromatic heterocycles. The number of carbonyl (C=O) groups is 3. The smallest absolute Gasteiger partial charge is 0.339 e. The second-order valence-corrected chi connectivity index (χ2v) is 5.70. The number of hydrogen-bond acceptors (Lipinski definition) is 6. The maximum atomic E-state index is 12.2. The van der Waals surface area contributed by atoms with Crippen LogP contribution in [0.4, 0.5) is 5.69 Å². The SMILES string of the molecule is COC(=O)c1ccc(C(=O)OC)c(NC(=O)CCOc2ccc(C)cc2)c1. The number of ether oxygens (including phenoxy) is 3. The van der Waals surface area contributed by atoms with E-state index < -0.39 is 11.9 Å². The van der Waals surface area contributed by atoms with Crippen LogP contribution in [0, 0.1) is 6.92 Å². The van der Waals surface area contributed by atoms with Gasteiger partial charge in [-0.2, -0.15) is 0 Å². The van der Waals surface area contributed by atoms with Crippen molar-refractivity contribution < 1.29 is 28.6 Å². The van der Waals surface area contributed by atoms with Crippen LogP contribution in [0.25, 0.3) is 0 Å². The first-order chi connectivity index (χ1) is 12.9. The third kappa shape index (κ3) is 5.57. The van der Waals surface area contributed by atoms with E-state index in [2.05, 4.69) is 10.1 Å². The van der Waals surface area contributed by atoms with Crippen LogP contribution in [0.5, 0.6) is 5.75 Å². The van der Waals surface area contributed by atoms with Crippen LogP contribution >= 0.6 is 0 Å². The Balaban J connectivity index is 2.04. The molecule has 0 radical (unpaired) electrons. The average Bonchev–Trinajstić information content (AvgIpc) is 2.68. The van der Waals surface area contributed by atoms with E-state index in [1.807, 2.05) is 31.2 Å². The number of rotatable bonds is 7. The zero-order valence-corrected chi connectivity index (χ0v) is 15.4. The van der Waals surface area contributed by atoms with Crippen LogP contribution < -0.4 is 10.1 Å². The van der Waals surface area contributed by atoms with Gasteiger partial charge in [-0.15, -0.1) is 0 Å². The predicted molar refractivity (Wildman–Crippen MR) is 99.0 cm³/mol. The summed E-state index contributed by atoms with van der Waals surface area (Å²) in [6, 6.07) is 11.7. The lowest BCUT2D eigenvalue weighted by Gasteiger charge is -2.12. The molecule has 2 aromatic rings. The Morgan fingerprint density at radius 3 is 2.22 bits per heavy atom. The predicted octanol–water partition coefficient (Wildman–Crippen LogP) is 2.98. The summed E-state index contributed by atoms with van der Waals surface area (Å²) >= 11 is 0. The molecule has 1 amide bonds. The van der Waals surface area contributed by atoms with Gasteiger partial charge in [0, 0.05) is 0 Å². The molecule has 2 aromatic carbocycles. The van der Waals surface area contributed by atoms with Gasteiger partial charge in [-0.3, -0.25) is 4.79 Å². The number of amides is 1. The van der Waals surface area contributed by atoms with Crippen molar-refractivity contribution in [3.8, 4) is 5.75 Å². The van der Waals surface area contributed by atoms with Gasteiger partial charge in [0.25, 0.3) is 0 Å². The molecule has 0 saturated heterocycles. The average molecular weight is 371 g/mol. The minimum Gasteiger partial charge on any atom is -0.493 e. The standard InChI is InChI=1S/C20H21NO6/c1-13-4-7-15(8-5-13)27-11-10-18(22)21-17-12-14(19(23)25-2)6-9-16(17)20(24)26-3/h4-9,12H,10-11H2,1-3H3,(H,21,22). The Labute approximate surface area is 157 Å². The summed E-state index contributed by atoms with van der Waals surface area (Å²) in [5.41, 5.74) is 1.63. The molecule has 0 aliphatic carbocycles. The Kier molecular flexibility index (Phi) is 6.93. The fourth-order valence-corrected chi connectivity index (χ4v) is 2.29. The zero-order valence-electron chi connectivity index (χ0n) is 15.4. The van der Waals surface area contributed by atoms with Crippen LogP contribution in [0.3, 0.4) is 0 Å². The molecule has 7 heteroatoms. The molecule has 2 rings (SSSR count). The molecular formula is C20H21NO6. The normalized spacial score (nSPS) is 10.0. The van der Waals surface area contributed by atoms with Gasteiger partial charge in [0.1, 0.15) is 5.75 Å². The first-order valence-corrected chi connectivity index (χ1v) is 8.24. The third-order valence-electron chi connectivity index (χ3n) is 3.74. The highest BCUT2D eigenvalue weighted by Crippen LogP contribution is 2.20. The van der Waals surface area contributed by atoms with E-state index in [0.29, 0.717) is 5.75 Å². The highest BCUT2D eigenvalue weighted by molar-refractivity contribution is 6.03. The summed E-state index contributed by atoms with van der Waals surface area (Å²) in [5, 5.41) is 2.61. The van der Waals surface area contributed by atoms with Crippen molar-refractivity contribution >= 4 is 23.5 Å². The number of nitrogens with one attached hydrogen (secondary N) is 1. The Bertz CT molecular complexity index is 829. The molecule has 0 heterocycles. The van der Waals surface area contributed by atoms with Gasteiger partial charge in [0.05, 0.1) is 44.1 Å². The zero-order chi connectivity index (χ0) is 19.8. The van der Waals surface area contributed by atoms with Gasteiger partial charge in [-0.25, -0.2) is 9.59 Å². The van der Waals surface area contributed by atoms with Crippen LogP contribution in [-0.2, 0) is 14.3 Å². The number of carbonyl (C=O) groups excluding carboxylic acids is 3. The maximum Gasteiger partial charge on any atom is 0.339 e. The van der Waals surface area contributed by atoms with E-state index in [0.717, 1.165) is 5.56 Å². The van der Waals surface area contributed by atoms with Gasteiger partial charge >= 0.3 is 11.9 Å². The molecule has 1 N–H and O–H groups in total. The lowest BCUT2D eigenvalue weighted by Crippen LogP contribution is -2.18. The Morgan fingerprint density at radius 2 is 1.59 bits per heavy atom. The first kappa shape index (κ1) is 20.0. The van der Waals surface area contributed by atoms with Crippen molar-refractivity contribution in [3.05, 3.63) is 59.2 Å². The van der Waals surface area contributed by atoms with Crippen molar-refractivity contribution in [2.75, 3.05) is 26.1 Å². The van der Waals surface area contributed by atoms with E-state index in [4.69, 9.17) is 9.47 Å². The van der Waals surface area contributed by atoms with Gasteiger partial charge in [0.15, 0.2) is 0 Å². The second kappa shape index (κ2) is 9.38. The second-order valence-electron chi connectivity index (χ2n) is 5.70. The van der Waals surface area contributed by atoms with Crippen molar-refractivity contribution in [2.45, 2.75) is 13.3 Å². The molecular weight excluding hydrogens is 350 g/mol. The quantitative estimate of drug-likeness (QED) is 0.753. The summed E-state index contributed by atoms with van der Waals surface area (Å²) in [4.78, 5) is 35.8. The van der Waals surface area contributed by atoms with Gasteiger partial charge < -0.3 is 19.5 Å². The van der Waals surface area contributed by atoms with Gasteiger partial charge in [-0.1, -0.05) is 17.7 Å². The topological polar surface area (TPSA) is 90.9 Å². The van der Waals surface area contributed by atoms with Gasteiger partial charge in [-0.05, 0) is 37.3 Å². The molecule has 0 spiro atoms. The number of esters is 2. The molecule has 142 valence electrons. The summed E-state index contributed by atoms with van der Waals surface area (Å²) in [7, 11) is 2.48. The highest BCUT2D eigenvalue weighted by Gasteiger charge is 2.17. The molecule has 0 bridgehead atoms. The first-order valence-electron chi connectivity index (χ1n) is 8.24. The molecule has 0 unspecified atom stereocenters. The van der Waals surface area contributed by atoms with Crippen LogP contribution in [-0.4, -0.2) is 38.7 Å². The van der Waals surface area contributed by atoms with E-state index in [-0.39, 0.29) is 35.7 Å². The summed E-state index contributed by atoms with van der Waals surface area (Å²) in [5.74, 6) is -0.909. The summed E-state index contributed by atoms with van der Waals surface area (Å²) < 4.78 is 14.9. The van der Waals surface area contributed by atoms with Crippen LogP contribution in [0.2, 0.25) is 0 Å². The molecule has 27 heavy (non-hydrogen) atoms. The van der Waals surface area contributed by atoms with Crippen molar-refractivity contribution in [1.29, 1.82) is 0 Å². The number of anilines is 1. The monoisotopic (exact) mass is 371 g/mol. The summed E-state index contributed by atoms with van der Waals surface area (Å²) in [6.45, 7) is 2.14. The van der Waals surface area contributed by atoms with Crippen LogP contribution in [0.15, 0.2) is 42.5 Å². The maximum absolute atomic E-state index is 12.2. The van der Waals surface area contributed by atoms with Crippen molar-refractivity contribution in [1.82, 2.24) is 0 Å². The number of benzene rings is 2. The number of aryl methyl sites for hydroxylation is 1. The van der Waals surface area contributed by atoms with E-state index in [9.17, 15) is 14.4 Å². The van der Waals surface area contributed by atoms with Gasteiger partial charge in [0.2, 0.25) is 5.91 Å². The van der Waals surface area contributed by atoms with Crippen LogP contribution in [0.1, 0.15) is 32.7 Å². The Hall–Kier alpha value is -3.35. The molecule has 0 aliphatic rings. The minimum absolute atomic E-state index is 0.0664. The fourth-order valence-electron chi connectivity index (χ4n) is 2.29. The molecule has 0 aliphatic heterocycles. The lowest BCUT2D eigenvalue weighted by molar-refractivity contribution is -0.116. The Morgan fingerprint density at radius 1 is 0.926 bits per heavy atom. The molecule has 0 fully saturated rings. The highest BCUT2D eigenvalue weighted by atomic mass is 16.5. The van der Waals surface area contributed by atoms with E-state index in [1.54, 1.807) is 0 Å². The molecule has 0 atom stereocenters. The fraction of sp³-hybridized carbons (Fsp3) is 0.250. The largest absolute Gasteiger partial charge is 0.493 e. The molecule has 7 nitrogen and oxygen atoms in total. The number of methoxy groups -OCH3 is 2. The van der Waals surface area contributed by atoms with Crippen molar-refractivity contribution in [3.63, 3.8) is 0 Å². The summed E-state index contributed by atoms with van der Waals surface area (Å²) in [6.07, 6.45) is 0.0664. The van der Waals surface area contributed by atoms with Crippen molar-refractivity contribution in [2.24, 2.45) is 0 Å². The number of hydrogen-bond donors (Lipinski definition) is 1. The van der Waals surface area contributed by atoms with E-state index in [1.165, 1.54) is 32.4 Å². The van der Waals surface area contributed by atoms with E-state index >= 15 is 0 Å². The lowest BCUT2D eigenvalue weighted by atomic mass is 10.1. The third-order valence-corrected chi connectivity index (χ3v) is 3.74. The molecule has 0 saturated carbocycles. The minimum atomic E-state index is -0.627.